The summed E-state index contributed by atoms with van der Waals surface area (Å²) < 4.78 is 27.2. The Bertz CT molecular complexity index is 889. The van der Waals surface area contributed by atoms with Gasteiger partial charge in [0, 0.05) is 11.4 Å². The fourth-order valence-electron chi connectivity index (χ4n) is 2.00. The second-order valence-corrected chi connectivity index (χ2v) is 8.31. The summed E-state index contributed by atoms with van der Waals surface area (Å²) in [4.78, 5) is 12.7. The maximum Gasteiger partial charge on any atom is 0.340 e. The number of ether oxygens (including phenoxy) is 1. The molecule has 0 radical (unpaired) electrons. The SMILES string of the molecule is COC(=O)c1cc(C)sc1NC(=S)NCc1ccc(S(N)(=O)=O)cc1. The summed E-state index contributed by atoms with van der Waals surface area (Å²) in [7, 11) is -2.39. The standard InChI is InChI=1S/C15H17N3O4S3/c1-9-7-12(14(19)22-2)13(24-9)18-15(23)17-8-10-3-5-11(6-4-10)25(16,20)21/h3-7H,8H2,1-2H3,(H2,16,20,21)(H2,17,18,23). The number of nitrogens with two attached hydrogens (primary N) is 1. The number of nitrogens with one attached hydrogen (secondary N) is 2. The van der Waals surface area contributed by atoms with Crippen molar-refractivity contribution in [2.45, 2.75) is 18.4 Å². The van der Waals surface area contributed by atoms with E-state index in [0.717, 1.165) is 10.4 Å². The monoisotopic (exact) mass is 399 g/mol. The third-order valence-corrected chi connectivity index (χ3v) is 5.33. The molecule has 134 valence electrons. The first kappa shape index (κ1) is 19.3. The number of benzene rings is 1. The van der Waals surface area contributed by atoms with Crippen LogP contribution in [0.2, 0.25) is 0 Å². The lowest BCUT2D eigenvalue weighted by molar-refractivity contribution is 0.0602. The van der Waals surface area contributed by atoms with Crippen LogP contribution in [0.3, 0.4) is 0 Å². The zero-order valence-electron chi connectivity index (χ0n) is 13.5. The summed E-state index contributed by atoms with van der Waals surface area (Å²) in [5.74, 6) is -0.437. The van der Waals surface area contributed by atoms with E-state index in [1.54, 1.807) is 18.2 Å². The number of anilines is 1. The molecule has 2 aromatic rings. The summed E-state index contributed by atoms with van der Waals surface area (Å²) in [6, 6.07) is 7.88. The van der Waals surface area contributed by atoms with Gasteiger partial charge in [-0.15, -0.1) is 11.3 Å². The number of hydrogen-bond acceptors (Lipinski definition) is 6. The number of carbonyl (C=O) groups is 1. The van der Waals surface area contributed by atoms with Crippen molar-refractivity contribution in [3.8, 4) is 0 Å². The van der Waals surface area contributed by atoms with Crippen molar-refractivity contribution in [1.82, 2.24) is 5.32 Å². The first-order chi connectivity index (χ1) is 11.7. The van der Waals surface area contributed by atoms with E-state index in [-0.39, 0.29) is 4.90 Å². The predicted molar refractivity (Wildman–Crippen MR) is 101 cm³/mol. The van der Waals surface area contributed by atoms with Gasteiger partial charge in [-0.3, -0.25) is 0 Å². The molecule has 7 nitrogen and oxygen atoms in total. The quantitative estimate of drug-likeness (QED) is 0.521. The Morgan fingerprint density at radius 1 is 1.32 bits per heavy atom. The molecule has 2 rings (SSSR count). The van der Waals surface area contributed by atoms with Crippen LogP contribution in [-0.4, -0.2) is 26.6 Å². The topological polar surface area (TPSA) is 111 Å². The predicted octanol–water partition coefficient (Wildman–Crippen LogP) is 1.98. The highest BCUT2D eigenvalue weighted by molar-refractivity contribution is 7.89. The van der Waals surface area contributed by atoms with Crippen molar-refractivity contribution in [3.05, 3.63) is 46.3 Å². The molecule has 0 bridgehead atoms. The number of aryl methyl sites for hydroxylation is 1. The number of thiophene rings is 1. The van der Waals surface area contributed by atoms with Gasteiger partial charge in [0.05, 0.1) is 17.6 Å². The summed E-state index contributed by atoms with van der Waals surface area (Å²) >= 11 is 6.62. The van der Waals surface area contributed by atoms with Crippen LogP contribution in [0.5, 0.6) is 0 Å². The van der Waals surface area contributed by atoms with Crippen molar-refractivity contribution < 1.29 is 17.9 Å². The number of primary sulfonamides is 1. The van der Waals surface area contributed by atoms with Crippen LogP contribution in [0.1, 0.15) is 20.8 Å². The van der Waals surface area contributed by atoms with Crippen LogP contribution < -0.4 is 15.8 Å². The minimum atomic E-state index is -3.71. The van der Waals surface area contributed by atoms with Crippen molar-refractivity contribution in [2.75, 3.05) is 12.4 Å². The maximum atomic E-state index is 11.7. The van der Waals surface area contributed by atoms with E-state index in [1.807, 2.05) is 6.92 Å². The second-order valence-electron chi connectivity index (χ2n) is 5.09. The Morgan fingerprint density at radius 3 is 2.52 bits per heavy atom. The highest BCUT2D eigenvalue weighted by atomic mass is 32.2. The van der Waals surface area contributed by atoms with Crippen molar-refractivity contribution in [1.29, 1.82) is 0 Å². The lowest BCUT2D eigenvalue weighted by atomic mass is 10.2. The van der Waals surface area contributed by atoms with Crippen molar-refractivity contribution in [3.63, 3.8) is 0 Å². The molecule has 4 N–H and O–H groups in total. The van der Waals surface area contributed by atoms with Gasteiger partial charge in [-0.1, -0.05) is 12.1 Å². The minimum Gasteiger partial charge on any atom is -0.465 e. The zero-order chi connectivity index (χ0) is 18.6. The number of esters is 1. The van der Waals surface area contributed by atoms with Crippen LogP contribution in [0, 0.1) is 6.92 Å². The lowest BCUT2D eigenvalue weighted by Crippen LogP contribution is -2.28. The van der Waals surface area contributed by atoms with Gasteiger partial charge in [0.25, 0.3) is 0 Å². The molecule has 0 saturated carbocycles. The van der Waals surface area contributed by atoms with Crippen LogP contribution in [0.4, 0.5) is 5.00 Å². The maximum absolute atomic E-state index is 11.7. The summed E-state index contributed by atoms with van der Waals surface area (Å²) in [5.41, 5.74) is 1.25. The third-order valence-electron chi connectivity index (χ3n) is 3.19. The molecular weight excluding hydrogens is 382 g/mol. The fraction of sp³-hybridized carbons (Fsp3) is 0.200. The molecule has 0 fully saturated rings. The van der Waals surface area contributed by atoms with Gasteiger partial charge in [-0.2, -0.15) is 0 Å². The van der Waals surface area contributed by atoms with E-state index >= 15 is 0 Å². The number of hydrogen-bond donors (Lipinski definition) is 3. The van der Waals surface area contributed by atoms with Gasteiger partial charge < -0.3 is 15.4 Å². The summed E-state index contributed by atoms with van der Waals surface area (Å²) in [6.45, 7) is 2.26. The Balaban J connectivity index is 1.99. The third kappa shape index (κ3) is 5.23. The van der Waals surface area contributed by atoms with Gasteiger partial charge in [-0.25, -0.2) is 18.4 Å². The van der Waals surface area contributed by atoms with Gasteiger partial charge in [-0.05, 0) is 42.9 Å². The van der Waals surface area contributed by atoms with E-state index in [9.17, 15) is 13.2 Å². The minimum absolute atomic E-state index is 0.0498. The fourth-order valence-corrected chi connectivity index (χ4v) is 3.65. The number of rotatable bonds is 5. The Kier molecular flexibility index (Phi) is 6.11. The average molecular weight is 400 g/mol. The Labute approximate surface area is 155 Å². The molecule has 25 heavy (non-hydrogen) atoms. The Morgan fingerprint density at radius 2 is 1.96 bits per heavy atom. The molecule has 1 aromatic heterocycles. The molecule has 0 aliphatic carbocycles. The van der Waals surface area contributed by atoms with E-state index in [2.05, 4.69) is 10.6 Å². The molecule has 0 amide bonds. The van der Waals surface area contributed by atoms with Crippen LogP contribution in [-0.2, 0) is 21.3 Å². The number of methoxy groups -OCH3 is 1. The van der Waals surface area contributed by atoms with E-state index in [0.29, 0.717) is 22.2 Å². The second kappa shape index (κ2) is 7.91. The zero-order valence-corrected chi connectivity index (χ0v) is 16.0. The molecule has 0 saturated heterocycles. The number of carbonyl (C=O) groups excluding carboxylic acids is 1. The molecule has 0 unspecified atom stereocenters. The lowest BCUT2D eigenvalue weighted by Gasteiger charge is -2.10. The molecular formula is C15H17N3O4S3. The first-order valence-corrected chi connectivity index (χ1v) is 9.83. The largest absolute Gasteiger partial charge is 0.465 e. The molecule has 0 atom stereocenters. The first-order valence-electron chi connectivity index (χ1n) is 7.06. The number of sulfonamides is 1. The van der Waals surface area contributed by atoms with Crippen LogP contribution in [0.25, 0.3) is 0 Å². The van der Waals surface area contributed by atoms with E-state index < -0.39 is 16.0 Å². The Hall–Kier alpha value is -2.01. The van der Waals surface area contributed by atoms with Gasteiger partial charge >= 0.3 is 5.97 Å². The van der Waals surface area contributed by atoms with E-state index in [4.69, 9.17) is 22.1 Å². The normalized spacial score (nSPS) is 11.0. The van der Waals surface area contributed by atoms with Gasteiger partial charge in [0.1, 0.15) is 5.00 Å². The molecule has 1 heterocycles. The molecule has 0 spiro atoms. The van der Waals surface area contributed by atoms with Crippen molar-refractivity contribution in [2.24, 2.45) is 5.14 Å². The summed E-state index contributed by atoms with van der Waals surface area (Å²) in [5, 5.41) is 12.0. The van der Waals surface area contributed by atoms with Crippen LogP contribution in [0.15, 0.2) is 35.2 Å². The molecule has 0 aliphatic rings. The highest BCUT2D eigenvalue weighted by Gasteiger charge is 2.16. The summed E-state index contributed by atoms with van der Waals surface area (Å²) in [6.07, 6.45) is 0. The molecule has 10 heteroatoms. The highest BCUT2D eigenvalue weighted by Crippen LogP contribution is 2.28. The average Bonchev–Trinajstić information content (AvgIpc) is 2.92. The smallest absolute Gasteiger partial charge is 0.340 e. The van der Waals surface area contributed by atoms with Gasteiger partial charge in [0.2, 0.25) is 10.0 Å². The number of thiocarbonyl (C=S) groups is 1. The van der Waals surface area contributed by atoms with Crippen LogP contribution >= 0.6 is 23.6 Å². The molecule has 1 aromatic carbocycles. The van der Waals surface area contributed by atoms with Crippen molar-refractivity contribution >= 4 is 49.7 Å². The molecule has 0 aliphatic heterocycles. The van der Waals surface area contributed by atoms with Gasteiger partial charge in [0.15, 0.2) is 5.11 Å². The van der Waals surface area contributed by atoms with E-state index in [1.165, 1.54) is 30.6 Å².